The van der Waals surface area contributed by atoms with Crippen LogP contribution in [0.5, 0.6) is 0 Å². The number of aromatic nitrogens is 2. The molecule has 2 N–H and O–H groups in total. The van der Waals surface area contributed by atoms with Crippen LogP contribution in [-0.4, -0.2) is 32.2 Å². The number of hydrogen-bond acceptors (Lipinski definition) is 5. The number of amides is 1. The molecule has 9 heteroatoms. The van der Waals surface area contributed by atoms with E-state index in [1.807, 2.05) is 12.1 Å². The van der Waals surface area contributed by atoms with Gasteiger partial charge in [0.25, 0.3) is 11.6 Å². The lowest BCUT2D eigenvalue weighted by molar-refractivity contribution is -0.384. The predicted octanol–water partition coefficient (Wildman–Crippen LogP) is 1.32. The third kappa shape index (κ3) is 2.88. The van der Waals surface area contributed by atoms with Gasteiger partial charge in [-0.1, -0.05) is 18.2 Å². The van der Waals surface area contributed by atoms with Crippen LogP contribution >= 0.6 is 0 Å². The summed E-state index contributed by atoms with van der Waals surface area (Å²) in [5.74, 6) is -0.178. The normalized spacial score (nSPS) is 13.6. The van der Waals surface area contributed by atoms with Crippen LogP contribution in [0, 0.1) is 10.1 Å². The van der Waals surface area contributed by atoms with E-state index in [0.29, 0.717) is 24.1 Å². The third-order valence-corrected chi connectivity index (χ3v) is 4.66. The molecule has 0 fully saturated rings. The van der Waals surface area contributed by atoms with Gasteiger partial charge in [-0.2, -0.15) is 0 Å². The van der Waals surface area contributed by atoms with Crippen molar-refractivity contribution in [3.63, 3.8) is 0 Å². The number of nitro benzene ring substituents is 1. The van der Waals surface area contributed by atoms with Gasteiger partial charge in [0.1, 0.15) is 0 Å². The molecule has 2 heterocycles. The highest BCUT2D eigenvalue weighted by atomic mass is 16.6. The summed E-state index contributed by atoms with van der Waals surface area (Å²) in [4.78, 5) is 53.1. The van der Waals surface area contributed by atoms with Gasteiger partial charge in [0.05, 0.1) is 16.0 Å². The quantitative estimate of drug-likeness (QED) is 0.410. The Kier molecular flexibility index (Phi) is 3.84. The molecule has 1 aromatic heterocycles. The highest BCUT2D eigenvalue weighted by molar-refractivity contribution is 5.97. The SMILES string of the molecule is O=C1c2ccccc2CCN1Cc1cc([N+](=O)[O-])cc2[nH]c(=O)c(=O)[nH]c12. The van der Waals surface area contributed by atoms with E-state index in [9.17, 15) is 24.5 Å². The van der Waals surface area contributed by atoms with E-state index in [2.05, 4.69) is 9.97 Å². The first-order chi connectivity index (χ1) is 12.9. The fourth-order valence-electron chi connectivity index (χ4n) is 3.34. The van der Waals surface area contributed by atoms with Gasteiger partial charge in [0.15, 0.2) is 0 Å². The van der Waals surface area contributed by atoms with Crippen molar-refractivity contribution in [2.45, 2.75) is 13.0 Å². The Morgan fingerprint density at radius 3 is 2.59 bits per heavy atom. The summed E-state index contributed by atoms with van der Waals surface area (Å²) in [6.45, 7) is 0.529. The standard InChI is InChI=1S/C18H14N4O5/c23-16-17(24)20-15-11(7-12(22(26)27)8-14(15)19-16)9-21-6-5-10-3-1-2-4-13(10)18(21)25/h1-4,7-8H,5-6,9H2,(H,19,23)(H,20,24). The van der Waals surface area contributed by atoms with Gasteiger partial charge < -0.3 is 14.9 Å². The number of nitrogens with one attached hydrogen (secondary N) is 2. The molecule has 0 saturated carbocycles. The first-order valence-electron chi connectivity index (χ1n) is 8.25. The fourth-order valence-corrected chi connectivity index (χ4v) is 3.34. The van der Waals surface area contributed by atoms with Crippen LogP contribution in [0.25, 0.3) is 11.0 Å². The molecular weight excluding hydrogens is 352 g/mol. The van der Waals surface area contributed by atoms with Gasteiger partial charge in [0, 0.05) is 36.3 Å². The van der Waals surface area contributed by atoms with Crippen LogP contribution in [-0.2, 0) is 13.0 Å². The number of rotatable bonds is 3. The van der Waals surface area contributed by atoms with Gasteiger partial charge in [-0.05, 0) is 18.1 Å². The summed E-state index contributed by atoms with van der Waals surface area (Å²) in [6, 6.07) is 9.79. The van der Waals surface area contributed by atoms with Crippen LogP contribution in [0.15, 0.2) is 46.0 Å². The minimum atomic E-state index is -0.892. The van der Waals surface area contributed by atoms with Crippen LogP contribution < -0.4 is 11.1 Å². The number of carbonyl (C=O) groups is 1. The molecule has 1 aliphatic heterocycles. The first kappa shape index (κ1) is 16.7. The molecule has 4 rings (SSSR count). The summed E-state index contributed by atoms with van der Waals surface area (Å²) < 4.78 is 0. The molecular formula is C18H14N4O5. The molecule has 136 valence electrons. The Morgan fingerprint density at radius 2 is 1.81 bits per heavy atom. The zero-order valence-electron chi connectivity index (χ0n) is 14.0. The molecule has 0 saturated heterocycles. The average Bonchev–Trinajstić information content (AvgIpc) is 2.65. The number of non-ortho nitro benzene ring substituents is 1. The van der Waals surface area contributed by atoms with Crippen molar-refractivity contribution < 1.29 is 9.72 Å². The number of H-pyrrole nitrogens is 2. The van der Waals surface area contributed by atoms with Crippen molar-refractivity contribution in [3.8, 4) is 0 Å². The molecule has 0 radical (unpaired) electrons. The summed E-state index contributed by atoms with van der Waals surface area (Å²) in [6.07, 6.45) is 0.669. The lowest BCUT2D eigenvalue weighted by atomic mass is 9.98. The van der Waals surface area contributed by atoms with Gasteiger partial charge in [0.2, 0.25) is 0 Å². The summed E-state index contributed by atoms with van der Waals surface area (Å²) >= 11 is 0. The minimum absolute atomic E-state index is 0.0767. The smallest absolute Gasteiger partial charge is 0.314 e. The molecule has 9 nitrogen and oxygen atoms in total. The molecule has 0 aliphatic carbocycles. The number of carbonyl (C=O) groups excluding carboxylic acids is 1. The Labute approximate surface area is 151 Å². The molecule has 3 aromatic rings. The predicted molar refractivity (Wildman–Crippen MR) is 96.7 cm³/mol. The van der Waals surface area contributed by atoms with Crippen LogP contribution in [0.4, 0.5) is 5.69 Å². The largest absolute Gasteiger partial charge is 0.334 e. The maximum absolute atomic E-state index is 12.8. The summed E-state index contributed by atoms with van der Waals surface area (Å²) in [5.41, 5.74) is 0.390. The van der Waals surface area contributed by atoms with Gasteiger partial charge in [-0.15, -0.1) is 0 Å². The van der Waals surface area contributed by atoms with E-state index < -0.39 is 16.0 Å². The maximum Gasteiger partial charge on any atom is 0.314 e. The minimum Gasteiger partial charge on any atom is -0.334 e. The highest BCUT2D eigenvalue weighted by Crippen LogP contribution is 2.25. The van der Waals surface area contributed by atoms with Crippen molar-refractivity contribution in [2.75, 3.05) is 6.54 Å². The van der Waals surface area contributed by atoms with E-state index in [-0.39, 0.29) is 29.2 Å². The first-order valence-corrected chi connectivity index (χ1v) is 8.25. The van der Waals surface area contributed by atoms with Crippen LogP contribution in [0.2, 0.25) is 0 Å². The number of fused-ring (bicyclic) bond motifs is 2. The average molecular weight is 366 g/mol. The number of aromatic amines is 2. The van der Waals surface area contributed by atoms with Gasteiger partial charge in [-0.3, -0.25) is 24.5 Å². The van der Waals surface area contributed by atoms with Gasteiger partial charge >= 0.3 is 11.1 Å². The topological polar surface area (TPSA) is 129 Å². The zero-order valence-corrected chi connectivity index (χ0v) is 14.0. The monoisotopic (exact) mass is 366 g/mol. The second-order valence-electron chi connectivity index (χ2n) is 6.33. The van der Waals surface area contributed by atoms with Crippen LogP contribution in [0.3, 0.4) is 0 Å². The molecule has 0 spiro atoms. The lowest BCUT2D eigenvalue weighted by Gasteiger charge is -2.28. The lowest BCUT2D eigenvalue weighted by Crippen LogP contribution is -2.37. The second kappa shape index (κ2) is 6.20. The molecule has 0 atom stereocenters. The van der Waals surface area contributed by atoms with E-state index in [1.165, 1.54) is 12.1 Å². The molecule has 1 aliphatic rings. The maximum atomic E-state index is 12.8. The van der Waals surface area contributed by atoms with Crippen molar-refractivity contribution in [1.29, 1.82) is 0 Å². The van der Waals surface area contributed by atoms with Crippen molar-refractivity contribution in [2.24, 2.45) is 0 Å². The van der Waals surface area contributed by atoms with Crippen molar-refractivity contribution in [3.05, 3.63) is 83.9 Å². The molecule has 27 heavy (non-hydrogen) atoms. The van der Waals surface area contributed by atoms with E-state index in [4.69, 9.17) is 0 Å². The summed E-state index contributed by atoms with van der Waals surface area (Å²) in [7, 11) is 0. The Balaban J connectivity index is 1.81. The number of hydrogen-bond donors (Lipinski definition) is 2. The van der Waals surface area contributed by atoms with Crippen LogP contribution in [0.1, 0.15) is 21.5 Å². The van der Waals surface area contributed by atoms with E-state index in [1.54, 1.807) is 17.0 Å². The fraction of sp³-hybridized carbons (Fsp3) is 0.167. The summed E-state index contributed by atoms with van der Waals surface area (Å²) in [5, 5.41) is 11.2. The molecule has 2 aromatic carbocycles. The van der Waals surface area contributed by atoms with E-state index in [0.717, 1.165) is 5.56 Å². The number of nitro groups is 1. The highest BCUT2D eigenvalue weighted by Gasteiger charge is 2.25. The third-order valence-electron chi connectivity index (χ3n) is 4.66. The van der Waals surface area contributed by atoms with Crippen molar-refractivity contribution >= 4 is 22.6 Å². The Morgan fingerprint density at radius 1 is 1.07 bits per heavy atom. The Bertz CT molecular complexity index is 1210. The number of nitrogens with zero attached hydrogens (tertiary/aromatic N) is 2. The van der Waals surface area contributed by atoms with Crippen molar-refractivity contribution in [1.82, 2.24) is 14.9 Å². The molecule has 0 unspecified atom stereocenters. The van der Waals surface area contributed by atoms with E-state index >= 15 is 0 Å². The number of benzene rings is 2. The Hall–Kier alpha value is -3.75. The molecule has 0 bridgehead atoms. The second-order valence-corrected chi connectivity index (χ2v) is 6.33. The zero-order chi connectivity index (χ0) is 19.1. The molecule has 1 amide bonds. The van der Waals surface area contributed by atoms with Gasteiger partial charge in [-0.25, -0.2) is 0 Å².